The topological polar surface area (TPSA) is 79.4 Å². The summed E-state index contributed by atoms with van der Waals surface area (Å²) >= 11 is 6.08. The molecule has 0 radical (unpaired) electrons. The van der Waals surface area contributed by atoms with Crippen molar-refractivity contribution in [2.45, 2.75) is 13.3 Å². The second kappa shape index (κ2) is 6.62. The molecule has 2 heterocycles. The number of pyridine rings is 1. The zero-order chi connectivity index (χ0) is 15.5. The summed E-state index contributed by atoms with van der Waals surface area (Å²) in [6.07, 6.45) is 1.93. The first-order valence-corrected chi connectivity index (χ1v) is 9.02. The predicted molar refractivity (Wildman–Crippen MR) is 82.6 cm³/mol. The van der Waals surface area contributed by atoms with E-state index in [1.165, 1.54) is 6.20 Å². The fourth-order valence-corrected chi connectivity index (χ4v) is 3.68. The summed E-state index contributed by atoms with van der Waals surface area (Å²) < 4.78 is 23.1. The highest BCUT2D eigenvalue weighted by Gasteiger charge is 2.23. The van der Waals surface area contributed by atoms with Crippen LogP contribution in [0.25, 0.3) is 0 Å². The summed E-state index contributed by atoms with van der Waals surface area (Å²) in [6, 6.07) is 1.56. The van der Waals surface area contributed by atoms with Crippen molar-refractivity contribution in [1.29, 1.82) is 0 Å². The molecule has 1 amide bonds. The van der Waals surface area contributed by atoms with Crippen molar-refractivity contribution in [3.05, 3.63) is 22.8 Å². The van der Waals surface area contributed by atoms with Crippen LogP contribution in [0.1, 0.15) is 23.7 Å². The van der Waals surface area contributed by atoms with E-state index in [1.807, 2.05) is 6.92 Å². The number of sulfone groups is 1. The first kappa shape index (κ1) is 16.0. The number of anilines is 1. The molecule has 1 aromatic rings. The van der Waals surface area contributed by atoms with E-state index in [2.05, 4.69) is 10.3 Å². The van der Waals surface area contributed by atoms with Crippen LogP contribution >= 0.6 is 11.6 Å². The van der Waals surface area contributed by atoms with Gasteiger partial charge in [-0.25, -0.2) is 13.4 Å². The molecule has 116 valence electrons. The standard InChI is InChI=1S/C13H18ClN3O3S/c1-2-15-12-11(14)8-10(9-16-12)13(18)17-4-3-6-21(19,20)7-5-17/h8-9H,2-7H2,1H3,(H,15,16). The second-order valence-electron chi connectivity index (χ2n) is 4.88. The number of amides is 1. The van der Waals surface area contributed by atoms with Gasteiger partial charge in [0.2, 0.25) is 0 Å². The van der Waals surface area contributed by atoms with Gasteiger partial charge in [0.25, 0.3) is 5.91 Å². The Hall–Kier alpha value is -1.34. The van der Waals surface area contributed by atoms with Crippen molar-refractivity contribution in [2.75, 3.05) is 36.5 Å². The van der Waals surface area contributed by atoms with Gasteiger partial charge in [0, 0.05) is 25.8 Å². The summed E-state index contributed by atoms with van der Waals surface area (Å²) in [6.45, 7) is 3.26. The minimum absolute atomic E-state index is 0.00930. The van der Waals surface area contributed by atoms with E-state index in [0.717, 1.165) is 0 Å². The molecule has 1 aliphatic heterocycles. The molecule has 1 fully saturated rings. The Balaban J connectivity index is 2.14. The Labute approximate surface area is 129 Å². The van der Waals surface area contributed by atoms with Crippen LogP contribution in [0.5, 0.6) is 0 Å². The van der Waals surface area contributed by atoms with E-state index in [9.17, 15) is 13.2 Å². The number of aromatic nitrogens is 1. The predicted octanol–water partition coefficient (Wildman–Crippen LogP) is 1.43. The number of hydrogen-bond donors (Lipinski definition) is 1. The van der Waals surface area contributed by atoms with Crippen molar-refractivity contribution < 1.29 is 13.2 Å². The van der Waals surface area contributed by atoms with Gasteiger partial charge in [-0.1, -0.05) is 11.6 Å². The Kier molecular flexibility index (Phi) is 5.05. The summed E-state index contributed by atoms with van der Waals surface area (Å²) in [5, 5.41) is 3.37. The van der Waals surface area contributed by atoms with Crippen LogP contribution in [0.4, 0.5) is 5.82 Å². The minimum Gasteiger partial charge on any atom is -0.369 e. The van der Waals surface area contributed by atoms with Crippen LogP contribution in [0.3, 0.4) is 0 Å². The number of carbonyl (C=O) groups is 1. The summed E-state index contributed by atoms with van der Waals surface area (Å²) in [7, 11) is -3.04. The van der Waals surface area contributed by atoms with Crippen LogP contribution in [0.2, 0.25) is 5.02 Å². The molecule has 0 aliphatic carbocycles. The largest absolute Gasteiger partial charge is 0.369 e. The molecule has 21 heavy (non-hydrogen) atoms. The van der Waals surface area contributed by atoms with Crippen molar-refractivity contribution in [1.82, 2.24) is 9.88 Å². The van der Waals surface area contributed by atoms with Gasteiger partial charge in [0.05, 0.1) is 22.1 Å². The molecule has 1 N–H and O–H groups in total. The maximum Gasteiger partial charge on any atom is 0.255 e. The van der Waals surface area contributed by atoms with E-state index >= 15 is 0 Å². The number of nitrogens with zero attached hydrogens (tertiary/aromatic N) is 2. The van der Waals surface area contributed by atoms with E-state index < -0.39 is 9.84 Å². The van der Waals surface area contributed by atoms with Crippen molar-refractivity contribution in [2.24, 2.45) is 0 Å². The second-order valence-corrected chi connectivity index (χ2v) is 7.59. The van der Waals surface area contributed by atoms with Crippen LogP contribution in [0.15, 0.2) is 12.3 Å². The maximum absolute atomic E-state index is 12.4. The first-order chi connectivity index (χ1) is 9.93. The highest BCUT2D eigenvalue weighted by Crippen LogP contribution is 2.21. The Morgan fingerprint density at radius 1 is 1.43 bits per heavy atom. The average molecular weight is 332 g/mol. The molecule has 0 aromatic carbocycles. The Morgan fingerprint density at radius 3 is 2.86 bits per heavy atom. The molecule has 0 spiro atoms. The molecular formula is C13H18ClN3O3S. The molecule has 0 atom stereocenters. The minimum atomic E-state index is -3.04. The number of nitrogens with one attached hydrogen (secondary N) is 1. The molecule has 1 aliphatic rings. The smallest absolute Gasteiger partial charge is 0.255 e. The van der Waals surface area contributed by atoms with Gasteiger partial charge in [0.15, 0.2) is 9.84 Å². The van der Waals surface area contributed by atoms with Crippen molar-refractivity contribution >= 4 is 33.2 Å². The van der Waals surface area contributed by atoms with E-state index in [0.29, 0.717) is 35.9 Å². The van der Waals surface area contributed by atoms with Crippen LogP contribution in [-0.2, 0) is 9.84 Å². The SMILES string of the molecule is CCNc1ncc(C(=O)N2CCCS(=O)(=O)CC2)cc1Cl. The summed E-state index contributed by atoms with van der Waals surface area (Å²) in [5.74, 6) is 0.448. The van der Waals surface area contributed by atoms with Gasteiger partial charge in [-0.05, 0) is 19.4 Å². The van der Waals surface area contributed by atoms with E-state index in [4.69, 9.17) is 11.6 Å². The van der Waals surface area contributed by atoms with E-state index in [1.54, 1.807) is 11.0 Å². The molecule has 1 saturated heterocycles. The van der Waals surface area contributed by atoms with Gasteiger partial charge in [-0.2, -0.15) is 0 Å². The number of carbonyl (C=O) groups excluding carboxylic acids is 1. The first-order valence-electron chi connectivity index (χ1n) is 6.82. The molecule has 0 bridgehead atoms. The summed E-state index contributed by atoms with van der Waals surface area (Å²) in [4.78, 5) is 18.1. The zero-order valence-electron chi connectivity index (χ0n) is 11.8. The van der Waals surface area contributed by atoms with Crippen LogP contribution < -0.4 is 5.32 Å². The van der Waals surface area contributed by atoms with Crippen molar-refractivity contribution in [3.63, 3.8) is 0 Å². The zero-order valence-corrected chi connectivity index (χ0v) is 13.4. The summed E-state index contributed by atoms with van der Waals surface area (Å²) in [5.41, 5.74) is 0.376. The number of rotatable bonds is 3. The normalized spacial score (nSPS) is 18.1. The lowest BCUT2D eigenvalue weighted by molar-refractivity contribution is 0.0768. The third kappa shape index (κ3) is 4.07. The monoisotopic (exact) mass is 331 g/mol. The molecule has 2 rings (SSSR count). The number of hydrogen-bond acceptors (Lipinski definition) is 5. The number of halogens is 1. The van der Waals surface area contributed by atoms with Crippen molar-refractivity contribution in [3.8, 4) is 0 Å². The van der Waals surface area contributed by atoms with Crippen LogP contribution in [-0.4, -0.2) is 55.3 Å². The van der Waals surface area contributed by atoms with Crippen LogP contribution in [0, 0.1) is 0 Å². The lowest BCUT2D eigenvalue weighted by atomic mass is 10.2. The van der Waals surface area contributed by atoms with Gasteiger partial charge in [-0.3, -0.25) is 4.79 Å². The fraction of sp³-hybridized carbons (Fsp3) is 0.538. The molecule has 8 heteroatoms. The maximum atomic E-state index is 12.4. The van der Waals surface area contributed by atoms with Gasteiger partial charge in [0.1, 0.15) is 5.82 Å². The highest BCUT2D eigenvalue weighted by molar-refractivity contribution is 7.91. The quantitative estimate of drug-likeness (QED) is 0.906. The Bertz CT molecular complexity index is 634. The lowest BCUT2D eigenvalue weighted by Crippen LogP contribution is -2.33. The molecule has 0 saturated carbocycles. The third-order valence-corrected chi connectivity index (χ3v) is 5.28. The van der Waals surface area contributed by atoms with Gasteiger partial charge >= 0.3 is 0 Å². The lowest BCUT2D eigenvalue weighted by Gasteiger charge is -2.20. The molecule has 0 unspecified atom stereocenters. The molecular weight excluding hydrogens is 314 g/mol. The average Bonchev–Trinajstić information content (AvgIpc) is 2.61. The molecule has 6 nitrogen and oxygen atoms in total. The third-order valence-electron chi connectivity index (χ3n) is 3.28. The van der Waals surface area contributed by atoms with Gasteiger partial charge in [-0.15, -0.1) is 0 Å². The van der Waals surface area contributed by atoms with Gasteiger partial charge < -0.3 is 10.2 Å². The fourth-order valence-electron chi connectivity index (χ4n) is 2.18. The van der Waals surface area contributed by atoms with E-state index in [-0.39, 0.29) is 24.0 Å². The Morgan fingerprint density at radius 2 is 2.19 bits per heavy atom. The molecule has 1 aromatic heterocycles. The highest BCUT2D eigenvalue weighted by atomic mass is 35.5.